The van der Waals surface area contributed by atoms with Crippen molar-refractivity contribution in [1.29, 1.82) is 0 Å². The standard InChI is InChI=1S/C15H9ClFN3OS/c16-11-8-10(1-2-12(11)17)19-14-13(22-15(21)20-14)7-9-3-5-18-6-4-9/h1-8H,(H,19,20,21)/b13-7-. The number of halogens is 2. The van der Waals surface area contributed by atoms with Gasteiger partial charge in [-0.25, -0.2) is 9.38 Å². The van der Waals surface area contributed by atoms with Crippen molar-refractivity contribution in [3.8, 4) is 0 Å². The van der Waals surface area contributed by atoms with Gasteiger partial charge in [-0.3, -0.25) is 9.78 Å². The fourth-order valence-electron chi connectivity index (χ4n) is 1.81. The van der Waals surface area contributed by atoms with Crippen LogP contribution in [0.2, 0.25) is 5.02 Å². The molecule has 1 amide bonds. The van der Waals surface area contributed by atoms with E-state index in [1.807, 2.05) is 18.2 Å². The molecule has 7 heteroatoms. The summed E-state index contributed by atoms with van der Waals surface area (Å²) in [4.78, 5) is 20.5. The summed E-state index contributed by atoms with van der Waals surface area (Å²) < 4.78 is 13.2. The van der Waals surface area contributed by atoms with E-state index >= 15 is 0 Å². The molecule has 0 atom stereocenters. The fraction of sp³-hybridized carbons (Fsp3) is 0. The van der Waals surface area contributed by atoms with E-state index in [-0.39, 0.29) is 10.3 Å². The summed E-state index contributed by atoms with van der Waals surface area (Å²) >= 11 is 6.78. The van der Waals surface area contributed by atoms with Gasteiger partial charge in [-0.15, -0.1) is 0 Å². The first-order valence-corrected chi connectivity index (χ1v) is 7.46. The second kappa shape index (κ2) is 6.29. The zero-order valence-electron chi connectivity index (χ0n) is 11.1. The smallest absolute Gasteiger partial charge is 0.289 e. The van der Waals surface area contributed by atoms with E-state index in [1.54, 1.807) is 12.4 Å². The molecule has 1 aromatic heterocycles. The first kappa shape index (κ1) is 14.7. The van der Waals surface area contributed by atoms with Crippen LogP contribution in [0, 0.1) is 5.82 Å². The third kappa shape index (κ3) is 3.35. The van der Waals surface area contributed by atoms with Crippen LogP contribution in [0.1, 0.15) is 5.56 Å². The van der Waals surface area contributed by atoms with Crippen LogP contribution >= 0.6 is 23.4 Å². The number of pyridine rings is 1. The molecule has 3 rings (SSSR count). The Kier molecular flexibility index (Phi) is 4.22. The van der Waals surface area contributed by atoms with Gasteiger partial charge in [0.1, 0.15) is 11.7 Å². The maximum atomic E-state index is 13.2. The Bertz CT molecular complexity index is 793. The molecule has 0 spiro atoms. The van der Waals surface area contributed by atoms with Crippen LogP contribution < -0.4 is 5.32 Å². The molecule has 1 aromatic carbocycles. The number of hydrogen-bond donors (Lipinski definition) is 1. The summed E-state index contributed by atoms with van der Waals surface area (Å²) in [6.07, 6.45) is 5.16. The van der Waals surface area contributed by atoms with Gasteiger partial charge in [-0.05, 0) is 53.7 Å². The topological polar surface area (TPSA) is 54.4 Å². The van der Waals surface area contributed by atoms with Crippen molar-refractivity contribution in [1.82, 2.24) is 10.3 Å². The number of benzene rings is 1. The number of aromatic nitrogens is 1. The number of carbonyl (C=O) groups excluding carboxylic acids is 1. The lowest BCUT2D eigenvalue weighted by atomic mass is 10.2. The maximum Gasteiger partial charge on any atom is 0.289 e. The van der Waals surface area contributed by atoms with Gasteiger partial charge in [-0.2, -0.15) is 0 Å². The van der Waals surface area contributed by atoms with E-state index in [0.717, 1.165) is 17.3 Å². The van der Waals surface area contributed by atoms with Crippen molar-refractivity contribution in [2.75, 3.05) is 0 Å². The molecule has 110 valence electrons. The molecule has 0 radical (unpaired) electrons. The Labute approximate surface area is 135 Å². The van der Waals surface area contributed by atoms with Crippen molar-refractivity contribution >= 4 is 46.2 Å². The lowest BCUT2D eigenvalue weighted by molar-refractivity contribution is 0.265. The van der Waals surface area contributed by atoms with Gasteiger partial charge in [0.2, 0.25) is 0 Å². The van der Waals surface area contributed by atoms with Crippen LogP contribution in [0.25, 0.3) is 6.08 Å². The molecule has 0 aliphatic carbocycles. The van der Waals surface area contributed by atoms with E-state index < -0.39 is 5.82 Å². The Balaban J connectivity index is 1.96. The number of thioether (sulfide) groups is 1. The van der Waals surface area contributed by atoms with Crippen LogP contribution in [0.3, 0.4) is 0 Å². The van der Waals surface area contributed by atoms with Crippen LogP contribution in [0.4, 0.5) is 14.9 Å². The molecule has 2 aromatic rings. The molecule has 1 aliphatic heterocycles. The average molecular weight is 334 g/mol. The number of carbonyl (C=O) groups is 1. The maximum absolute atomic E-state index is 13.2. The average Bonchev–Trinajstić information content (AvgIpc) is 2.83. The predicted molar refractivity (Wildman–Crippen MR) is 86.8 cm³/mol. The molecule has 4 nitrogen and oxygen atoms in total. The molecular formula is C15H9ClFN3OS. The molecule has 2 heterocycles. The number of amidine groups is 1. The minimum Gasteiger partial charge on any atom is -0.300 e. The molecule has 0 unspecified atom stereocenters. The van der Waals surface area contributed by atoms with Gasteiger partial charge < -0.3 is 5.32 Å². The predicted octanol–water partition coefficient (Wildman–Crippen LogP) is 4.40. The second-order valence-corrected chi connectivity index (χ2v) is 5.78. The fourth-order valence-corrected chi connectivity index (χ4v) is 2.72. The number of nitrogens with zero attached hydrogens (tertiary/aromatic N) is 2. The van der Waals surface area contributed by atoms with Gasteiger partial charge in [-0.1, -0.05) is 11.6 Å². The monoisotopic (exact) mass is 333 g/mol. The summed E-state index contributed by atoms with van der Waals surface area (Å²) in [5.41, 5.74) is 1.36. The normalized spacial score (nSPS) is 18.0. The van der Waals surface area contributed by atoms with Crippen molar-refractivity contribution in [3.05, 3.63) is 64.0 Å². The Hall–Kier alpha value is -2.18. The first-order chi connectivity index (χ1) is 10.6. The van der Waals surface area contributed by atoms with E-state index in [9.17, 15) is 9.18 Å². The SMILES string of the molecule is O=C1NC(=Nc2ccc(F)c(Cl)c2)/C(=C/c2ccncc2)S1. The summed E-state index contributed by atoms with van der Waals surface area (Å²) in [7, 11) is 0. The molecule has 0 saturated carbocycles. The lowest BCUT2D eigenvalue weighted by Crippen LogP contribution is -2.18. The van der Waals surface area contributed by atoms with Gasteiger partial charge >= 0.3 is 0 Å². The van der Waals surface area contributed by atoms with Crippen LogP contribution in [0.15, 0.2) is 52.6 Å². The number of hydrogen-bond acceptors (Lipinski definition) is 4. The Morgan fingerprint density at radius 2 is 2.05 bits per heavy atom. The summed E-state index contributed by atoms with van der Waals surface area (Å²) in [5, 5.41) is 2.43. The zero-order valence-corrected chi connectivity index (χ0v) is 12.7. The molecule has 1 fully saturated rings. The van der Waals surface area contributed by atoms with E-state index in [0.29, 0.717) is 16.4 Å². The summed E-state index contributed by atoms with van der Waals surface area (Å²) in [6, 6.07) is 7.78. The van der Waals surface area contributed by atoms with Crippen LogP contribution in [0.5, 0.6) is 0 Å². The third-order valence-electron chi connectivity index (χ3n) is 2.80. The molecule has 22 heavy (non-hydrogen) atoms. The highest BCUT2D eigenvalue weighted by molar-refractivity contribution is 8.18. The number of nitrogens with one attached hydrogen (secondary N) is 1. The van der Waals surface area contributed by atoms with E-state index in [1.165, 1.54) is 18.2 Å². The third-order valence-corrected chi connectivity index (χ3v) is 3.91. The van der Waals surface area contributed by atoms with Gasteiger partial charge in [0.25, 0.3) is 5.24 Å². The van der Waals surface area contributed by atoms with E-state index in [2.05, 4.69) is 15.3 Å². The van der Waals surface area contributed by atoms with Crippen molar-refractivity contribution < 1.29 is 9.18 Å². The Morgan fingerprint density at radius 1 is 1.27 bits per heavy atom. The first-order valence-electron chi connectivity index (χ1n) is 6.26. The van der Waals surface area contributed by atoms with E-state index in [4.69, 9.17) is 11.6 Å². The molecule has 1 N–H and O–H groups in total. The van der Waals surface area contributed by atoms with Gasteiger partial charge in [0.15, 0.2) is 0 Å². The number of rotatable bonds is 2. The zero-order chi connectivity index (χ0) is 15.5. The second-order valence-electron chi connectivity index (χ2n) is 4.36. The molecule has 1 aliphatic rings. The molecular weight excluding hydrogens is 325 g/mol. The van der Waals surface area contributed by atoms with Gasteiger partial charge in [0, 0.05) is 12.4 Å². The Morgan fingerprint density at radius 3 is 2.77 bits per heavy atom. The quantitative estimate of drug-likeness (QED) is 0.886. The number of aliphatic imine (C=N–C) groups is 1. The molecule has 0 bridgehead atoms. The van der Waals surface area contributed by atoms with Crippen LogP contribution in [-0.4, -0.2) is 16.1 Å². The van der Waals surface area contributed by atoms with Gasteiger partial charge in [0.05, 0.1) is 15.6 Å². The minimum absolute atomic E-state index is 0.0153. The van der Waals surface area contributed by atoms with Crippen molar-refractivity contribution in [2.45, 2.75) is 0 Å². The number of amides is 1. The minimum atomic E-state index is -0.511. The lowest BCUT2D eigenvalue weighted by Gasteiger charge is -2.01. The summed E-state index contributed by atoms with van der Waals surface area (Å²) in [5.74, 6) is -0.0995. The van der Waals surface area contributed by atoms with Crippen molar-refractivity contribution in [3.63, 3.8) is 0 Å². The summed E-state index contributed by atoms with van der Waals surface area (Å²) in [6.45, 7) is 0. The highest BCUT2D eigenvalue weighted by Crippen LogP contribution is 2.29. The highest BCUT2D eigenvalue weighted by atomic mass is 35.5. The highest BCUT2D eigenvalue weighted by Gasteiger charge is 2.23. The van der Waals surface area contributed by atoms with Crippen LogP contribution in [-0.2, 0) is 0 Å². The molecule has 1 saturated heterocycles. The largest absolute Gasteiger partial charge is 0.300 e. The van der Waals surface area contributed by atoms with Crippen molar-refractivity contribution in [2.24, 2.45) is 4.99 Å².